The van der Waals surface area contributed by atoms with E-state index in [2.05, 4.69) is 43.4 Å². The maximum absolute atomic E-state index is 13.0. The Morgan fingerprint density at radius 3 is 2.06 bits per heavy atom. The summed E-state index contributed by atoms with van der Waals surface area (Å²) in [5, 5.41) is 2.64. The monoisotopic (exact) mass is 452 g/mol. The molecular weight excluding hydrogens is 416 g/mol. The van der Waals surface area contributed by atoms with Crippen molar-refractivity contribution in [2.75, 3.05) is 20.2 Å². The fourth-order valence-corrected chi connectivity index (χ4v) is 4.00. The van der Waals surface area contributed by atoms with Crippen LogP contribution in [-0.2, 0) is 14.3 Å². The fraction of sp³-hybridized carbons (Fsp3) is 0.481. The van der Waals surface area contributed by atoms with Gasteiger partial charge in [-0.15, -0.1) is 0 Å². The molecule has 0 aromatic heterocycles. The summed E-state index contributed by atoms with van der Waals surface area (Å²) in [5.74, 6) is 0.131. The third-order valence-electron chi connectivity index (χ3n) is 5.71. The quantitative estimate of drug-likeness (QED) is 0.561. The zero-order valence-corrected chi connectivity index (χ0v) is 20.6. The number of alkyl carbamates (subject to hydrolysis) is 1. The van der Waals surface area contributed by atoms with Crippen LogP contribution in [0, 0.1) is 5.92 Å². The Hall–Kier alpha value is -2.86. The molecule has 2 aromatic carbocycles. The van der Waals surface area contributed by atoms with E-state index in [1.165, 1.54) is 0 Å². The number of nitrogens with one attached hydrogen (secondary N) is 1. The van der Waals surface area contributed by atoms with Crippen molar-refractivity contribution < 1.29 is 19.1 Å². The van der Waals surface area contributed by atoms with Crippen LogP contribution in [0.3, 0.4) is 0 Å². The molecule has 1 atom stereocenters. The van der Waals surface area contributed by atoms with E-state index < -0.39 is 17.9 Å². The lowest BCUT2D eigenvalue weighted by Crippen LogP contribution is -2.52. The van der Waals surface area contributed by atoms with Gasteiger partial charge in [0.1, 0.15) is 6.61 Å². The molecule has 0 bridgehead atoms. The molecule has 33 heavy (non-hydrogen) atoms. The second-order valence-corrected chi connectivity index (χ2v) is 10.0. The Balaban J connectivity index is 1.67. The Morgan fingerprint density at radius 2 is 1.55 bits per heavy atom. The van der Waals surface area contributed by atoms with E-state index in [-0.39, 0.29) is 18.4 Å². The number of fused-ring (bicyclic) bond motifs is 3. The molecule has 6 nitrogen and oxygen atoms in total. The van der Waals surface area contributed by atoms with E-state index in [4.69, 9.17) is 9.47 Å². The predicted molar refractivity (Wildman–Crippen MR) is 130 cm³/mol. The van der Waals surface area contributed by atoms with Crippen molar-refractivity contribution in [2.45, 2.75) is 58.8 Å². The molecule has 6 heteroatoms. The Bertz CT molecular complexity index is 935. The van der Waals surface area contributed by atoms with Gasteiger partial charge in [-0.3, -0.25) is 10.1 Å². The highest BCUT2D eigenvalue weighted by Crippen LogP contribution is 2.44. The molecule has 1 N–H and O–H groups in total. The molecule has 0 heterocycles. The number of hydrogen-bond acceptors (Lipinski definition) is 4. The van der Waals surface area contributed by atoms with Crippen LogP contribution in [0.4, 0.5) is 4.79 Å². The van der Waals surface area contributed by atoms with E-state index in [0.717, 1.165) is 28.7 Å². The largest absolute Gasteiger partial charge is 0.448 e. The number of benzene rings is 2. The molecule has 0 unspecified atom stereocenters. The molecule has 2 amide bonds. The average molecular weight is 453 g/mol. The van der Waals surface area contributed by atoms with Crippen molar-refractivity contribution in [3.63, 3.8) is 0 Å². The summed E-state index contributed by atoms with van der Waals surface area (Å²) < 4.78 is 11.5. The average Bonchev–Trinajstić information content (AvgIpc) is 3.08. The van der Waals surface area contributed by atoms with Crippen molar-refractivity contribution in [2.24, 2.45) is 5.92 Å². The maximum Gasteiger partial charge on any atom is 0.409 e. The summed E-state index contributed by atoms with van der Waals surface area (Å²) in [6.07, 6.45) is -0.912. The topological polar surface area (TPSA) is 67.9 Å². The number of hydrogen-bond donors (Lipinski definition) is 1. The lowest BCUT2D eigenvalue weighted by atomic mass is 9.98. The number of amides is 2. The number of likely N-dealkylation sites (N-methyl/N-ethyl adjacent to an activating group) is 1. The number of ether oxygens (including phenoxy) is 2. The highest BCUT2D eigenvalue weighted by atomic mass is 16.6. The smallest absolute Gasteiger partial charge is 0.409 e. The van der Waals surface area contributed by atoms with E-state index in [1.54, 1.807) is 11.9 Å². The van der Waals surface area contributed by atoms with Crippen LogP contribution in [0.5, 0.6) is 0 Å². The highest BCUT2D eigenvalue weighted by Gasteiger charge is 2.32. The Kier molecular flexibility index (Phi) is 7.80. The van der Waals surface area contributed by atoms with E-state index in [9.17, 15) is 9.59 Å². The molecule has 0 fully saturated rings. The Morgan fingerprint density at radius 1 is 1.00 bits per heavy atom. The molecule has 3 rings (SSSR count). The van der Waals surface area contributed by atoms with Crippen LogP contribution >= 0.6 is 0 Å². The van der Waals surface area contributed by atoms with Crippen molar-refractivity contribution in [1.29, 1.82) is 0 Å². The van der Waals surface area contributed by atoms with Gasteiger partial charge in [-0.1, -0.05) is 62.4 Å². The minimum atomic E-state index is -1.11. The molecule has 1 aliphatic rings. The summed E-state index contributed by atoms with van der Waals surface area (Å²) in [5.41, 5.74) is 3.99. The van der Waals surface area contributed by atoms with E-state index >= 15 is 0 Å². The minimum absolute atomic E-state index is 0.0467. The van der Waals surface area contributed by atoms with Crippen molar-refractivity contribution in [3.05, 3.63) is 59.7 Å². The van der Waals surface area contributed by atoms with Crippen LogP contribution in [0.25, 0.3) is 11.1 Å². The first-order valence-electron chi connectivity index (χ1n) is 11.6. The van der Waals surface area contributed by atoms with Crippen LogP contribution < -0.4 is 5.32 Å². The van der Waals surface area contributed by atoms with Crippen molar-refractivity contribution >= 4 is 12.0 Å². The lowest BCUT2D eigenvalue weighted by Gasteiger charge is -2.30. The maximum atomic E-state index is 13.0. The van der Waals surface area contributed by atoms with Gasteiger partial charge in [0.05, 0.1) is 5.60 Å². The molecule has 1 aliphatic carbocycles. The third-order valence-corrected chi connectivity index (χ3v) is 5.71. The second-order valence-electron chi connectivity index (χ2n) is 10.0. The van der Waals surface area contributed by atoms with Gasteiger partial charge in [0.2, 0.25) is 6.23 Å². The Labute approximate surface area is 197 Å². The van der Waals surface area contributed by atoms with Gasteiger partial charge in [-0.25, -0.2) is 4.79 Å². The van der Waals surface area contributed by atoms with Gasteiger partial charge in [-0.05, 0) is 55.4 Å². The zero-order valence-electron chi connectivity index (χ0n) is 20.6. The minimum Gasteiger partial charge on any atom is -0.448 e. The molecule has 0 aliphatic heterocycles. The van der Waals surface area contributed by atoms with E-state index in [0.29, 0.717) is 12.5 Å². The second kappa shape index (κ2) is 10.4. The number of carbonyl (C=O) groups is 2. The molecule has 178 valence electrons. The summed E-state index contributed by atoms with van der Waals surface area (Å²) in [4.78, 5) is 27.3. The predicted octanol–water partition coefficient (Wildman–Crippen LogP) is 5.17. The van der Waals surface area contributed by atoms with Crippen molar-refractivity contribution in [1.82, 2.24) is 10.2 Å². The van der Waals surface area contributed by atoms with Gasteiger partial charge in [-0.2, -0.15) is 0 Å². The van der Waals surface area contributed by atoms with Crippen molar-refractivity contribution in [3.8, 4) is 11.1 Å². The first kappa shape index (κ1) is 24.8. The third kappa shape index (κ3) is 6.35. The zero-order chi connectivity index (χ0) is 24.2. The molecule has 0 spiro atoms. The number of carbonyl (C=O) groups excluding carboxylic acids is 2. The summed E-state index contributed by atoms with van der Waals surface area (Å²) in [6.45, 7) is 10.5. The standard InChI is InChI=1S/C27H36N2O4/c1-18(2)15-16-29(6)25(30)24(33-27(3,4)5)28-26(31)32-17-23-21-13-9-7-11-19(21)20-12-8-10-14-22(20)23/h7-14,18,23-24H,15-17H2,1-6H3,(H,28,31)/t24-/m0/s1. The lowest BCUT2D eigenvalue weighted by molar-refractivity contribution is -0.154. The van der Waals surface area contributed by atoms with Crippen LogP contribution in [0.15, 0.2) is 48.5 Å². The van der Waals surface area contributed by atoms with Gasteiger partial charge in [0.15, 0.2) is 0 Å². The normalized spacial score (nSPS) is 13.9. The molecular formula is C27H36N2O4. The fourth-order valence-electron chi connectivity index (χ4n) is 4.00. The van der Waals surface area contributed by atoms with Gasteiger partial charge < -0.3 is 14.4 Å². The molecule has 2 aromatic rings. The first-order chi connectivity index (χ1) is 15.6. The van der Waals surface area contributed by atoms with Gasteiger partial charge in [0.25, 0.3) is 5.91 Å². The van der Waals surface area contributed by atoms with Crippen LogP contribution in [0.2, 0.25) is 0 Å². The first-order valence-corrected chi connectivity index (χ1v) is 11.6. The SMILES string of the molecule is CC(C)CCN(C)C(=O)[C@@H](NC(=O)OCC1c2ccccc2-c2ccccc21)OC(C)(C)C. The number of nitrogens with zero attached hydrogens (tertiary/aromatic N) is 1. The molecule has 0 radical (unpaired) electrons. The molecule has 0 saturated carbocycles. The van der Waals surface area contributed by atoms with Gasteiger partial charge >= 0.3 is 6.09 Å². The summed E-state index contributed by atoms with van der Waals surface area (Å²) in [6, 6.07) is 16.3. The van der Waals surface area contributed by atoms with E-state index in [1.807, 2.05) is 45.0 Å². The molecule has 0 saturated heterocycles. The van der Waals surface area contributed by atoms with Crippen LogP contribution in [0.1, 0.15) is 58.1 Å². The summed E-state index contributed by atoms with van der Waals surface area (Å²) >= 11 is 0. The van der Waals surface area contributed by atoms with Crippen LogP contribution in [-0.4, -0.2) is 48.9 Å². The number of rotatable bonds is 8. The highest BCUT2D eigenvalue weighted by molar-refractivity contribution is 5.84. The summed E-state index contributed by atoms with van der Waals surface area (Å²) in [7, 11) is 1.73. The van der Waals surface area contributed by atoms with Gasteiger partial charge in [0, 0.05) is 19.5 Å².